The van der Waals surface area contributed by atoms with Crippen LogP contribution < -0.4 is 9.62 Å². The summed E-state index contributed by atoms with van der Waals surface area (Å²) in [5.41, 5.74) is 0.355. The van der Waals surface area contributed by atoms with E-state index in [1.165, 1.54) is 30.0 Å². The van der Waals surface area contributed by atoms with E-state index in [1.807, 2.05) is 12.3 Å². The number of carbonyl (C=O) groups is 1. The van der Waals surface area contributed by atoms with E-state index in [0.717, 1.165) is 21.5 Å². The van der Waals surface area contributed by atoms with Gasteiger partial charge in [-0.05, 0) is 36.9 Å². The Morgan fingerprint density at radius 1 is 1.25 bits per heavy atom. The van der Waals surface area contributed by atoms with Gasteiger partial charge >= 0.3 is 0 Å². The molecule has 150 valence electrons. The van der Waals surface area contributed by atoms with Crippen molar-refractivity contribution in [1.29, 1.82) is 0 Å². The number of hydrogen-bond acceptors (Lipinski definition) is 6. The molecule has 1 amide bonds. The Balaban J connectivity index is 2.41. The molecule has 0 radical (unpaired) electrons. The zero-order valence-corrected chi connectivity index (χ0v) is 17.3. The lowest BCUT2D eigenvalue weighted by molar-refractivity contribution is -0.384. The van der Waals surface area contributed by atoms with Crippen molar-refractivity contribution in [2.75, 3.05) is 22.1 Å². The Labute approximate surface area is 168 Å². The van der Waals surface area contributed by atoms with Crippen molar-refractivity contribution in [3.63, 3.8) is 0 Å². The molecule has 2 rings (SSSR count). The van der Waals surface area contributed by atoms with Crippen molar-refractivity contribution in [1.82, 2.24) is 0 Å². The van der Waals surface area contributed by atoms with Crippen molar-refractivity contribution in [3.8, 4) is 0 Å². The SMILES string of the molecule is CCC(C(=O)Nc1cccc(SC)c1)N(c1cccc([N+](=O)[O-])c1)S(C)(=O)=O. The maximum absolute atomic E-state index is 12.9. The number of nitro groups is 1. The van der Waals surface area contributed by atoms with Crippen molar-refractivity contribution < 1.29 is 18.1 Å². The van der Waals surface area contributed by atoms with Crippen LogP contribution in [0.1, 0.15) is 13.3 Å². The first-order valence-electron chi connectivity index (χ1n) is 8.36. The zero-order valence-electron chi connectivity index (χ0n) is 15.7. The van der Waals surface area contributed by atoms with Crippen molar-refractivity contribution in [2.24, 2.45) is 0 Å². The molecular weight excluding hydrogens is 402 g/mol. The number of anilines is 2. The zero-order chi connectivity index (χ0) is 20.9. The largest absolute Gasteiger partial charge is 0.324 e. The van der Waals surface area contributed by atoms with Gasteiger partial charge in [-0.25, -0.2) is 8.42 Å². The molecule has 10 heteroatoms. The summed E-state index contributed by atoms with van der Waals surface area (Å²) in [6, 6.07) is 11.3. The molecule has 0 aliphatic rings. The molecule has 0 aliphatic carbocycles. The average Bonchev–Trinajstić information content (AvgIpc) is 2.65. The molecule has 2 aromatic carbocycles. The van der Waals surface area contributed by atoms with E-state index in [4.69, 9.17) is 0 Å². The second-order valence-corrected chi connectivity index (χ2v) is 8.72. The van der Waals surface area contributed by atoms with Gasteiger partial charge in [-0.3, -0.25) is 19.2 Å². The van der Waals surface area contributed by atoms with Crippen molar-refractivity contribution >= 4 is 44.8 Å². The van der Waals surface area contributed by atoms with Gasteiger partial charge in [0.25, 0.3) is 5.69 Å². The number of sulfonamides is 1. The van der Waals surface area contributed by atoms with Gasteiger partial charge in [-0.1, -0.05) is 19.1 Å². The normalized spacial score (nSPS) is 12.2. The number of carbonyl (C=O) groups excluding carboxylic acids is 1. The highest BCUT2D eigenvalue weighted by molar-refractivity contribution is 7.98. The number of rotatable bonds is 8. The smallest absolute Gasteiger partial charge is 0.271 e. The highest BCUT2D eigenvalue weighted by atomic mass is 32.2. The quantitative estimate of drug-likeness (QED) is 0.395. The molecule has 1 unspecified atom stereocenters. The van der Waals surface area contributed by atoms with E-state index < -0.39 is 26.9 Å². The molecule has 0 aliphatic heterocycles. The Bertz CT molecular complexity index is 979. The van der Waals surface area contributed by atoms with Crippen LogP contribution in [-0.4, -0.2) is 37.8 Å². The number of amides is 1. The summed E-state index contributed by atoms with van der Waals surface area (Å²) in [6.07, 6.45) is 3.06. The summed E-state index contributed by atoms with van der Waals surface area (Å²) >= 11 is 1.51. The summed E-state index contributed by atoms with van der Waals surface area (Å²) in [6.45, 7) is 1.68. The highest BCUT2D eigenvalue weighted by Gasteiger charge is 2.32. The highest BCUT2D eigenvalue weighted by Crippen LogP contribution is 2.27. The van der Waals surface area contributed by atoms with Crippen LogP contribution in [-0.2, 0) is 14.8 Å². The molecule has 0 heterocycles. The van der Waals surface area contributed by atoms with Gasteiger partial charge in [-0.2, -0.15) is 0 Å². The minimum Gasteiger partial charge on any atom is -0.324 e. The average molecular weight is 424 g/mol. The predicted molar refractivity (Wildman–Crippen MR) is 111 cm³/mol. The number of nitro benzene ring substituents is 1. The molecule has 1 atom stereocenters. The lowest BCUT2D eigenvalue weighted by Gasteiger charge is -2.30. The molecule has 8 nitrogen and oxygen atoms in total. The third kappa shape index (κ3) is 5.23. The van der Waals surface area contributed by atoms with E-state index in [1.54, 1.807) is 25.1 Å². The maximum atomic E-state index is 12.9. The number of hydrogen-bond donors (Lipinski definition) is 1. The standard InChI is InChI=1S/C18H21N3O5S2/c1-4-17(18(22)19-13-7-5-10-16(11-13)27-2)20(28(3,25)26)14-8-6-9-15(12-14)21(23)24/h5-12,17H,4H2,1-3H3,(H,19,22). The first-order chi connectivity index (χ1) is 13.2. The van der Waals surface area contributed by atoms with Crippen LogP contribution in [0.5, 0.6) is 0 Å². The van der Waals surface area contributed by atoms with Crippen LogP contribution in [0.2, 0.25) is 0 Å². The van der Waals surface area contributed by atoms with E-state index in [0.29, 0.717) is 5.69 Å². The van der Waals surface area contributed by atoms with Gasteiger partial charge in [0.2, 0.25) is 15.9 Å². The van der Waals surface area contributed by atoms with E-state index >= 15 is 0 Å². The minimum atomic E-state index is -3.88. The van der Waals surface area contributed by atoms with Gasteiger partial charge in [0.05, 0.1) is 16.9 Å². The van der Waals surface area contributed by atoms with E-state index in [2.05, 4.69) is 5.32 Å². The monoisotopic (exact) mass is 423 g/mol. The van der Waals surface area contributed by atoms with Crippen LogP contribution in [0.3, 0.4) is 0 Å². The van der Waals surface area contributed by atoms with Crippen molar-refractivity contribution in [3.05, 3.63) is 58.6 Å². The van der Waals surface area contributed by atoms with Gasteiger partial charge in [0.15, 0.2) is 0 Å². The summed E-state index contributed by atoms with van der Waals surface area (Å²) in [5, 5.41) is 13.8. The molecular formula is C18H21N3O5S2. The molecule has 28 heavy (non-hydrogen) atoms. The molecule has 0 saturated heterocycles. The van der Waals surface area contributed by atoms with Gasteiger partial charge in [-0.15, -0.1) is 11.8 Å². The molecule has 0 aromatic heterocycles. The molecule has 0 saturated carbocycles. The van der Waals surface area contributed by atoms with E-state index in [-0.39, 0.29) is 17.8 Å². The second kappa shape index (κ2) is 9.07. The second-order valence-electron chi connectivity index (χ2n) is 5.98. The van der Waals surface area contributed by atoms with Gasteiger partial charge < -0.3 is 5.32 Å². The third-order valence-electron chi connectivity index (χ3n) is 3.96. The number of non-ortho nitro benzene ring substituents is 1. The fraction of sp³-hybridized carbons (Fsp3) is 0.278. The van der Waals surface area contributed by atoms with Crippen LogP contribution in [0.4, 0.5) is 17.1 Å². The summed E-state index contributed by atoms with van der Waals surface area (Å²) in [7, 11) is -3.88. The third-order valence-corrected chi connectivity index (χ3v) is 5.87. The number of nitrogens with one attached hydrogen (secondary N) is 1. The molecule has 1 N–H and O–H groups in total. The first-order valence-corrected chi connectivity index (χ1v) is 11.4. The Morgan fingerprint density at radius 3 is 2.50 bits per heavy atom. The van der Waals surface area contributed by atoms with Crippen LogP contribution in [0.15, 0.2) is 53.4 Å². The van der Waals surface area contributed by atoms with Crippen molar-refractivity contribution in [2.45, 2.75) is 24.3 Å². The fourth-order valence-electron chi connectivity index (χ4n) is 2.73. The molecule has 0 bridgehead atoms. The Morgan fingerprint density at radius 2 is 1.93 bits per heavy atom. The maximum Gasteiger partial charge on any atom is 0.271 e. The Kier molecular flexibility index (Phi) is 7.03. The predicted octanol–water partition coefficient (Wildman–Crippen LogP) is 3.50. The lowest BCUT2D eigenvalue weighted by atomic mass is 10.1. The number of thioether (sulfide) groups is 1. The summed E-state index contributed by atoms with van der Waals surface area (Å²) < 4.78 is 25.8. The van der Waals surface area contributed by atoms with Crippen LogP contribution in [0, 0.1) is 10.1 Å². The molecule has 2 aromatic rings. The van der Waals surface area contributed by atoms with Crippen LogP contribution in [0.25, 0.3) is 0 Å². The minimum absolute atomic E-state index is 0.0663. The van der Waals surface area contributed by atoms with Gasteiger partial charge in [0, 0.05) is 22.7 Å². The van der Waals surface area contributed by atoms with Crippen LogP contribution >= 0.6 is 11.8 Å². The lowest BCUT2D eigenvalue weighted by Crippen LogP contribution is -2.47. The fourth-order valence-corrected chi connectivity index (χ4v) is 4.39. The van der Waals surface area contributed by atoms with E-state index in [9.17, 15) is 23.3 Å². The molecule has 0 spiro atoms. The first kappa shape index (κ1) is 21.7. The molecule has 0 fully saturated rings. The van der Waals surface area contributed by atoms with Gasteiger partial charge in [0.1, 0.15) is 6.04 Å². The summed E-state index contributed by atoms with van der Waals surface area (Å²) in [4.78, 5) is 24.3. The topological polar surface area (TPSA) is 110 Å². The number of nitrogens with zero attached hydrogens (tertiary/aromatic N) is 2. The summed E-state index contributed by atoms with van der Waals surface area (Å²) in [5.74, 6) is -0.516. The Hall–Kier alpha value is -2.59. The number of benzene rings is 2.